The molecule has 1 unspecified atom stereocenters. The van der Waals surface area contributed by atoms with Crippen LogP contribution in [0.4, 0.5) is 13.2 Å². The van der Waals surface area contributed by atoms with Crippen molar-refractivity contribution >= 4 is 22.5 Å². The van der Waals surface area contributed by atoms with Gasteiger partial charge in [0.1, 0.15) is 5.92 Å². The van der Waals surface area contributed by atoms with Crippen molar-refractivity contribution in [3.63, 3.8) is 0 Å². The smallest absolute Gasteiger partial charge is 0.329 e. The van der Waals surface area contributed by atoms with Crippen LogP contribution in [0.3, 0.4) is 0 Å². The van der Waals surface area contributed by atoms with E-state index in [2.05, 4.69) is 10.2 Å². The Morgan fingerprint density at radius 1 is 1.22 bits per heavy atom. The van der Waals surface area contributed by atoms with E-state index >= 15 is 0 Å². The summed E-state index contributed by atoms with van der Waals surface area (Å²) in [4.78, 5) is 0. The second-order valence-corrected chi connectivity index (χ2v) is 4.12. The fourth-order valence-corrected chi connectivity index (χ4v) is 1.99. The van der Waals surface area contributed by atoms with Crippen LogP contribution >= 0.6 is 11.6 Å². The topological polar surface area (TPSA) is 51.8 Å². The molecule has 96 valence electrons. The molecule has 2 aromatic rings. The Morgan fingerprint density at radius 2 is 1.89 bits per heavy atom. The van der Waals surface area contributed by atoms with Crippen LogP contribution in [0.25, 0.3) is 10.9 Å². The van der Waals surface area contributed by atoms with E-state index in [0.29, 0.717) is 10.9 Å². The van der Waals surface area contributed by atoms with Gasteiger partial charge in [-0.05, 0) is 6.07 Å². The Labute approximate surface area is 106 Å². The molecule has 2 rings (SSSR count). The molecule has 0 saturated heterocycles. The molecule has 2 N–H and O–H groups in total. The summed E-state index contributed by atoms with van der Waals surface area (Å²) in [6.45, 7) is -0.615. The van der Waals surface area contributed by atoms with Crippen LogP contribution in [0.5, 0.6) is 0 Å². The minimum atomic E-state index is -4.49. The van der Waals surface area contributed by atoms with Gasteiger partial charge in [-0.2, -0.15) is 23.4 Å². The van der Waals surface area contributed by atoms with Gasteiger partial charge in [-0.3, -0.25) is 0 Å². The van der Waals surface area contributed by atoms with Crippen LogP contribution in [0.2, 0.25) is 5.02 Å². The minimum Gasteiger partial charge on any atom is -0.329 e. The van der Waals surface area contributed by atoms with E-state index in [9.17, 15) is 13.2 Å². The van der Waals surface area contributed by atoms with Crippen LogP contribution in [-0.4, -0.2) is 22.9 Å². The molecule has 0 spiro atoms. The molecule has 0 aliphatic heterocycles. The lowest BCUT2D eigenvalue weighted by atomic mass is 10.0. The number of nitrogens with two attached hydrogens (primary N) is 1. The summed E-state index contributed by atoms with van der Waals surface area (Å²) in [6.07, 6.45) is -4.49. The highest BCUT2D eigenvalue weighted by Crippen LogP contribution is 2.37. The number of aromatic nitrogens is 2. The van der Waals surface area contributed by atoms with E-state index in [0.717, 1.165) is 0 Å². The summed E-state index contributed by atoms with van der Waals surface area (Å²) in [5.74, 6) is -1.90. The SMILES string of the molecule is NCC(c1nnc2ccccc2c1Cl)C(F)(F)F. The lowest BCUT2D eigenvalue weighted by molar-refractivity contribution is -0.149. The van der Waals surface area contributed by atoms with Crippen molar-refractivity contribution in [1.82, 2.24) is 10.2 Å². The van der Waals surface area contributed by atoms with Crippen molar-refractivity contribution in [3.8, 4) is 0 Å². The first kappa shape index (κ1) is 13.0. The van der Waals surface area contributed by atoms with Crippen LogP contribution in [0, 0.1) is 0 Å². The number of nitrogens with zero attached hydrogens (tertiary/aromatic N) is 2. The molecule has 0 aliphatic carbocycles. The third-order valence-electron chi connectivity index (χ3n) is 2.59. The molecule has 0 radical (unpaired) electrons. The second-order valence-electron chi connectivity index (χ2n) is 3.75. The van der Waals surface area contributed by atoms with Gasteiger partial charge in [-0.25, -0.2) is 0 Å². The van der Waals surface area contributed by atoms with Crippen LogP contribution in [-0.2, 0) is 0 Å². The van der Waals surface area contributed by atoms with Crippen molar-refractivity contribution in [2.75, 3.05) is 6.54 Å². The average molecular weight is 276 g/mol. The summed E-state index contributed by atoms with van der Waals surface area (Å²) in [7, 11) is 0. The van der Waals surface area contributed by atoms with Gasteiger partial charge in [0.2, 0.25) is 0 Å². The molecule has 1 heterocycles. The number of hydrogen-bond donors (Lipinski definition) is 1. The Morgan fingerprint density at radius 3 is 2.50 bits per heavy atom. The highest BCUT2D eigenvalue weighted by molar-refractivity contribution is 6.35. The largest absolute Gasteiger partial charge is 0.398 e. The first-order chi connectivity index (χ1) is 8.45. The molecule has 1 aromatic carbocycles. The fraction of sp³-hybridized carbons (Fsp3) is 0.273. The molecule has 0 aliphatic rings. The molecule has 18 heavy (non-hydrogen) atoms. The van der Waals surface area contributed by atoms with Gasteiger partial charge < -0.3 is 5.73 Å². The van der Waals surface area contributed by atoms with Crippen LogP contribution in [0.15, 0.2) is 24.3 Å². The summed E-state index contributed by atoms with van der Waals surface area (Å²) < 4.78 is 38.3. The van der Waals surface area contributed by atoms with E-state index in [1.54, 1.807) is 24.3 Å². The molecule has 0 fully saturated rings. The van der Waals surface area contributed by atoms with Crippen LogP contribution < -0.4 is 5.73 Å². The second kappa shape index (κ2) is 4.70. The van der Waals surface area contributed by atoms with E-state index < -0.39 is 18.6 Å². The van der Waals surface area contributed by atoms with Gasteiger partial charge in [-0.15, -0.1) is 0 Å². The molecular weight excluding hydrogens is 267 g/mol. The lowest BCUT2D eigenvalue weighted by Crippen LogP contribution is -2.29. The summed E-state index contributed by atoms with van der Waals surface area (Å²) in [6, 6.07) is 6.60. The zero-order valence-electron chi connectivity index (χ0n) is 9.08. The standard InChI is InChI=1S/C11H9ClF3N3/c12-9-6-3-1-2-4-8(6)17-18-10(9)7(5-16)11(13,14)15/h1-4,7H,5,16H2. The quantitative estimate of drug-likeness (QED) is 0.917. The van der Waals surface area contributed by atoms with Gasteiger partial charge in [0.05, 0.1) is 16.2 Å². The van der Waals surface area contributed by atoms with Crippen molar-refractivity contribution < 1.29 is 13.2 Å². The number of hydrogen-bond acceptors (Lipinski definition) is 3. The Bertz CT molecular complexity index is 571. The highest BCUT2D eigenvalue weighted by Gasteiger charge is 2.42. The highest BCUT2D eigenvalue weighted by atomic mass is 35.5. The number of benzene rings is 1. The molecule has 0 amide bonds. The van der Waals surface area contributed by atoms with Gasteiger partial charge in [0.25, 0.3) is 0 Å². The number of alkyl halides is 3. The molecule has 1 atom stereocenters. The fourth-order valence-electron chi connectivity index (χ4n) is 1.66. The molecule has 0 saturated carbocycles. The van der Waals surface area contributed by atoms with Crippen molar-refractivity contribution in [1.29, 1.82) is 0 Å². The number of fused-ring (bicyclic) bond motifs is 1. The molecule has 0 bridgehead atoms. The van der Waals surface area contributed by atoms with Crippen molar-refractivity contribution in [3.05, 3.63) is 35.0 Å². The number of halogens is 4. The maximum Gasteiger partial charge on any atom is 0.398 e. The van der Waals surface area contributed by atoms with Gasteiger partial charge in [0, 0.05) is 11.9 Å². The summed E-state index contributed by atoms with van der Waals surface area (Å²) in [5.41, 5.74) is 5.28. The van der Waals surface area contributed by atoms with Crippen molar-refractivity contribution in [2.24, 2.45) is 5.73 Å². The van der Waals surface area contributed by atoms with Gasteiger partial charge in [-0.1, -0.05) is 29.8 Å². The normalized spacial score (nSPS) is 13.8. The zero-order valence-corrected chi connectivity index (χ0v) is 9.83. The van der Waals surface area contributed by atoms with E-state index in [1.807, 2.05) is 0 Å². The van der Waals surface area contributed by atoms with Gasteiger partial charge >= 0.3 is 6.18 Å². The maximum atomic E-state index is 12.8. The third kappa shape index (κ3) is 2.26. The van der Waals surface area contributed by atoms with Crippen LogP contribution in [0.1, 0.15) is 11.6 Å². The first-order valence-electron chi connectivity index (χ1n) is 5.12. The van der Waals surface area contributed by atoms with Crippen molar-refractivity contribution in [2.45, 2.75) is 12.1 Å². The Balaban J connectivity index is 2.61. The molecular formula is C11H9ClF3N3. The monoisotopic (exact) mass is 275 g/mol. The average Bonchev–Trinajstić information content (AvgIpc) is 2.32. The molecule has 3 nitrogen and oxygen atoms in total. The maximum absolute atomic E-state index is 12.8. The number of rotatable bonds is 2. The molecule has 1 aromatic heterocycles. The third-order valence-corrected chi connectivity index (χ3v) is 2.99. The predicted molar refractivity (Wildman–Crippen MR) is 62.4 cm³/mol. The van der Waals surface area contributed by atoms with Gasteiger partial charge in [0.15, 0.2) is 0 Å². The van der Waals surface area contributed by atoms with E-state index in [4.69, 9.17) is 17.3 Å². The van der Waals surface area contributed by atoms with E-state index in [-0.39, 0.29) is 10.7 Å². The Kier molecular flexibility index (Phi) is 3.41. The Hall–Kier alpha value is -1.40. The summed E-state index contributed by atoms with van der Waals surface area (Å²) >= 11 is 5.96. The predicted octanol–water partition coefficient (Wildman–Crippen LogP) is 2.89. The van der Waals surface area contributed by atoms with E-state index in [1.165, 1.54) is 0 Å². The molecule has 7 heteroatoms. The summed E-state index contributed by atoms with van der Waals surface area (Å²) in [5, 5.41) is 7.69. The first-order valence-corrected chi connectivity index (χ1v) is 5.50. The lowest BCUT2D eigenvalue weighted by Gasteiger charge is -2.18. The zero-order chi connectivity index (χ0) is 13.3. The minimum absolute atomic E-state index is 0.0478.